The van der Waals surface area contributed by atoms with Crippen molar-refractivity contribution in [3.63, 3.8) is 0 Å². The molecule has 0 saturated heterocycles. The summed E-state index contributed by atoms with van der Waals surface area (Å²) in [6.07, 6.45) is 3.01. The standard InChI is InChI=1S/C27H41N7O6/c1-15(2)23(34-24(36)18(29)10-11-22(30)35)26(38)33-21(13-16-14-31-19-8-4-3-7-17(16)19)25(37)32-20(27(39)40)9-5-6-12-28/h3-4,7-8,14-15,18,20-21,23,31H,5-6,9-13,28-29H2,1-2H3,(H2,30,35)(H,32,37)(H,33,38)(H,34,36)(H,39,40). The highest BCUT2D eigenvalue weighted by Crippen LogP contribution is 2.19. The van der Waals surface area contributed by atoms with Crippen molar-refractivity contribution < 1.29 is 29.1 Å². The van der Waals surface area contributed by atoms with Gasteiger partial charge in [0.15, 0.2) is 0 Å². The number of amides is 4. The fourth-order valence-corrected chi connectivity index (χ4v) is 4.24. The first-order chi connectivity index (χ1) is 18.9. The minimum Gasteiger partial charge on any atom is -0.480 e. The van der Waals surface area contributed by atoms with Gasteiger partial charge in [0.2, 0.25) is 23.6 Å². The second kappa shape index (κ2) is 15.6. The Balaban J connectivity index is 2.26. The number of hydrogen-bond acceptors (Lipinski definition) is 7. The molecular formula is C27H41N7O6. The third-order valence-corrected chi connectivity index (χ3v) is 6.58. The molecule has 0 fully saturated rings. The number of carbonyl (C=O) groups excluding carboxylic acids is 4. The van der Waals surface area contributed by atoms with Gasteiger partial charge in [-0.2, -0.15) is 0 Å². The molecule has 1 aromatic heterocycles. The number of aromatic nitrogens is 1. The zero-order chi connectivity index (χ0) is 29.8. The molecule has 0 aliphatic rings. The predicted octanol–water partition coefficient (Wildman–Crippen LogP) is -0.373. The average Bonchev–Trinajstić information content (AvgIpc) is 3.31. The molecular weight excluding hydrogens is 518 g/mol. The lowest BCUT2D eigenvalue weighted by Gasteiger charge is -2.27. The predicted molar refractivity (Wildman–Crippen MR) is 150 cm³/mol. The molecule has 4 unspecified atom stereocenters. The van der Waals surface area contributed by atoms with E-state index in [2.05, 4.69) is 20.9 Å². The number of carbonyl (C=O) groups is 5. The molecule has 1 heterocycles. The molecule has 4 atom stereocenters. The Bertz CT molecular complexity index is 1180. The van der Waals surface area contributed by atoms with E-state index in [9.17, 15) is 29.1 Å². The molecule has 0 spiro atoms. The molecule has 11 N–H and O–H groups in total. The third kappa shape index (κ3) is 9.65. The number of fused-ring (bicyclic) bond motifs is 1. The molecule has 13 heteroatoms. The number of H-pyrrole nitrogens is 1. The van der Waals surface area contributed by atoms with Gasteiger partial charge in [0.25, 0.3) is 0 Å². The molecule has 0 radical (unpaired) electrons. The summed E-state index contributed by atoms with van der Waals surface area (Å²) in [7, 11) is 0. The van der Waals surface area contributed by atoms with Crippen LogP contribution in [0.25, 0.3) is 10.9 Å². The minimum absolute atomic E-state index is 0.0138. The first-order valence-electron chi connectivity index (χ1n) is 13.4. The van der Waals surface area contributed by atoms with Gasteiger partial charge in [0.1, 0.15) is 18.1 Å². The van der Waals surface area contributed by atoms with E-state index < -0.39 is 53.8 Å². The highest BCUT2D eigenvalue weighted by Gasteiger charge is 2.32. The van der Waals surface area contributed by atoms with Crippen LogP contribution in [0.2, 0.25) is 0 Å². The van der Waals surface area contributed by atoms with Crippen LogP contribution in [0.1, 0.15) is 51.5 Å². The van der Waals surface area contributed by atoms with Crippen molar-refractivity contribution in [1.29, 1.82) is 0 Å². The third-order valence-electron chi connectivity index (χ3n) is 6.58. The van der Waals surface area contributed by atoms with E-state index in [0.29, 0.717) is 19.4 Å². The van der Waals surface area contributed by atoms with Crippen LogP contribution in [0, 0.1) is 5.92 Å². The van der Waals surface area contributed by atoms with Crippen LogP contribution >= 0.6 is 0 Å². The van der Waals surface area contributed by atoms with Gasteiger partial charge in [-0.1, -0.05) is 32.0 Å². The number of unbranched alkanes of at least 4 members (excludes halogenated alkanes) is 1. The van der Waals surface area contributed by atoms with Crippen LogP contribution in [-0.2, 0) is 30.4 Å². The number of hydrogen-bond donors (Lipinski definition) is 8. The summed E-state index contributed by atoms with van der Waals surface area (Å²) < 4.78 is 0. The van der Waals surface area contributed by atoms with E-state index in [1.807, 2.05) is 24.3 Å². The summed E-state index contributed by atoms with van der Waals surface area (Å²) in [5.41, 5.74) is 18.1. The molecule has 40 heavy (non-hydrogen) atoms. The molecule has 220 valence electrons. The lowest BCUT2D eigenvalue weighted by atomic mass is 9.99. The number of aromatic amines is 1. The Hall–Kier alpha value is -3.97. The van der Waals surface area contributed by atoms with E-state index in [0.717, 1.165) is 16.5 Å². The zero-order valence-electron chi connectivity index (χ0n) is 22.9. The van der Waals surface area contributed by atoms with Crippen molar-refractivity contribution in [2.45, 2.75) is 76.5 Å². The highest BCUT2D eigenvalue weighted by atomic mass is 16.4. The number of benzene rings is 1. The van der Waals surface area contributed by atoms with Gasteiger partial charge < -0.3 is 43.2 Å². The maximum atomic E-state index is 13.4. The zero-order valence-corrected chi connectivity index (χ0v) is 22.9. The van der Waals surface area contributed by atoms with Crippen LogP contribution < -0.4 is 33.2 Å². The van der Waals surface area contributed by atoms with E-state index >= 15 is 0 Å². The topological polar surface area (TPSA) is 236 Å². The monoisotopic (exact) mass is 559 g/mol. The number of carboxylic acids is 1. The molecule has 1 aromatic carbocycles. The van der Waals surface area contributed by atoms with Crippen molar-refractivity contribution >= 4 is 40.5 Å². The maximum Gasteiger partial charge on any atom is 0.326 e. The van der Waals surface area contributed by atoms with Crippen LogP contribution in [0.15, 0.2) is 30.5 Å². The Kier molecular flexibility index (Phi) is 12.6. The van der Waals surface area contributed by atoms with E-state index in [1.54, 1.807) is 20.0 Å². The summed E-state index contributed by atoms with van der Waals surface area (Å²) >= 11 is 0. The SMILES string of the molecule is CC(C)C(NC(=O)C(N)CCC(N)=O)C(=O)NC(Cc1c[nH]c2ccccc12)C(=O)NC(CCCCN)C(=O)O. The largest absolute Gasteiger partial charge is 0.480 e. The molecule has 4 amide bonds. The van der Waals surface area contributed by atoms with E-state index in [-0.39, 0.29) is 31.6 Å². The number of nitrogens with one attached hydrogen (secondary N) is 4. The van der Waals surface area contributed by atoms with Crippen molar-refractivity contribution in [2.24, 2.45) is 23.1 Å². The van der Waals surface area contributed by atoms with E-state index in [1.165, 1.54) is 0 Å². The van der Waals surface area contributed by atoms with Gasteiger partial charge in [-0.05, 0) is 49.8 Å². The van der Waals surface area contributed by atoms with Crippen LogP contribution in [-0.4, -0.2) is 70.4 Å². The fourth-order valence-electron chi connectivity index (χ4n) is 4.24. The van der Waals surface area contributed by atoms with Gasteiger partial charge in [-0.15, -0.1) is 0 Å². The van der Waals surface area contributed by atoms with Crippen LogP contribution in [0.5, 0.6) is 0 Å². The van der Waals surface area contributed by atoms with Gasteiger partial charge in [0, 0.05) is 29.9 Å². The molecule has 0 bridgehead atoms. The number of nitrogens with two attached hydrogens (primary N) is 3. The summed E-state index contributed by atoms with van der Waals surface area (Å²) in [6, 6.07) is 3.03. The molecule has 13 nitrogen and oxygen atoms in total. The lowest BCUT2D eigenvalue weighted by Crippen LogP contribution is -2.58. The van der Waals surface area contributed by atoms with E-state index in [4.69, 9.17) is 17.2 Å². The quantitative estimate of drug-likeness (QED) is 0.119. The average molecular weight is 560 g/mol. The number of rotatable bonds is 17. The van der Waals surface area contributed by atoms with Gasteiger partial charge >= 0.3 is 5.97 Å². The highest BCUT2D eigenvalue weighted by molar-refractivity contribution is 5.95. The van der Waals surface area contributed by atoms with Crippen LogP contribution in [0.3, 0.4) is 0 Å². The Morgan fingerprint density at radius 1 is 0.925 bits per heavy atom. The molecule has 2 aromatic rings. The first kappa shape index (κ1) is 32.2. The first-order valence-corrected chi connectivity index (χ1v) is 13.4. The van der Waals surface area contributed by atoms with Crippen molar-refractivity contribution in [1.82, 2.24) is 20.9 Å². The van der Waals surface area contributed by atoms with Crippen molar-refractivity contribution in [2.75, 3.05) is 6.54 Å². The van der Waals surface area contributed by atoms with Crippen LogP contribution in [0.4, 0.5) is 0 Å². The number of para-hydroxylation sites is 1. The lowest BCUT2D eigenvalue weighted by molar-refractivity contribution is -0.142. The molecule has 0 aliphatic carbocycles. The maximum absolute atomic E-state index is 13.4. The second-order valence-corrected chi connectivity index (χ2v) is 10.2. The smallest absolute Gasteiger partial charge is 0.326 e. The molecule has 2 rings (SSSR count). The molecule has 0 saturated carbocycles. The summed E-state index contributed by atoms with van der Waals surface area (Å²) in [4.78, 5) is 65.4. The fraction of sp³-hybridized carbons (Fsp3) is 0.519. The van der Waals surface area contributed by atoms with Gasteiger partial charge in [-0.3, -0.25) is 19.2 Å². The molecule has 0 aliphatic heterocycles. The Morgan fingerprint density at radius 2 is 1.60 bits per heavy atom. The number of aliphatic carboxylic acids is 1. The Morgan fingerprint density at radius 3 is 2.23 bits per heavy atom. The van der Waals surface area contributed by atoms with Crippen molar-refractivity contribution in [3.8, 4) is 0 Å². The summed E-state index contributed by atoms with van der Waals surface area (Å²) in [5.74, 6) is -4.13. The second-order valence-electron chi connectivity index (χ2n) is 10.2. The van der Waals surface area contributed by atoms with Crippen molar-refractivity contribution in [3.05, 3.63) is 36.0 Å². The summed E-state index contributed by atoms with van der Waals surface area (Å²) in [5, 5.41) is 18.3. The van der Waals surface area contributed by atoms with Gasteiger partial charge in [0.05, 0.1) is 6.04 Å². The minimum atomic E-state index is -1.19. The number of primary amides is 1. The number of carboxylic acid groups (broad SMARTS) is 1. The summed E-state index contributed by atoms with van der Waals surface area (Å²) in [6.45, 7) is 3.83. The van der Waals surface area contributed by atoms with Gasteiger partial charge in [-0.25, -0.2) is 4.79 Å². The Labute approximate surface area is 233 Å². The normalized spacial score (nSPS) is 14.2.